The first kappa shape index (κ1) is 14.6. The van der Waals surface area contributed by atoms with Crippen LogP contribution < -0.4 is 16.0 Å². The monoisotopic (exact) mass is 304 g/mol. The Labute approximate surface area is 128 Å². The molecule has 1 aliphatic heterocycles. The molecule has 3 rings (SSSR count). The average molecular weight is 304 g/mol. The fourth-order valence-electron chi connectivity index (χ4n) is 2.43. The summed E-state index contributed by atoms with van der Waals surface area (Å²) < 4.78 is 0. The number of hydrogen-bond donors (Lipinski definition) is 3. The Hall–Kier alpha value is -2.38. The zero-order valence-corrected chi connectivity index (χ0v) is 12.5. The minimum Gasteiger partial charge on any atom is -0.335 e. The van der Waals surface area contributed by atoms with E-state index < -0.39 is 0 Å². The average Bonchev–Trinajstić information content (AvgIpc) is 3.16. The van der Waals surface area contributed by atoms with E-state index in [2.05, 4.69) is 26.1 Å². The number of carbonyl (C=O) groups is 2. The predicted octanol–water partition coefficient (Wildman–Crippen LogP) is 0.853. The Morgan fingerprint density at radius 1 is 1.23 bits per heavy atom. The van der Waals surface area contributed by atoms with Crippen LogP contribution in [0.25, 0.3) is 0 Å². The Morgan fingerprint density at radius 2 is 2.00 bits per heavy atom. The first-order valence-electron chi connectivity index (χ1n) is 7.53. The number of nitrogens with zero attached hydrogens (tertiary/aromatic N) is 3. The lowest BCUT2D eigenvalue weighted by molar-refractivity contribution is 0.219. The highest BCUT2D eigenvalue weighted by Crippen LogP contribution is 2.18. The van der Waals surface area contributed by atoms with Crippen LogP contribution in [0.5, 0.6) is 0 Å². The lowest BCUT2D eigenvalue weighted by Crippen LogP contribution is -2.45. The molecule has 1 saturated heterocycles. The van der Waals surface area contributed by atoms with Gasteiger partial charge in [0.05, 0.1) is 17.6 Å². The topological polar surface area (TPSA) is 99.2 Å². The molecule has 2 heterocycles. The number of carbonyl (C=O) groups excluding carboxylic acids is 2. The number of amides is 4. The Balaban J connectivity index is 1.48. The minimum absolute atomic E-state index is 0.00108. The van der Waals surface area contributed by atoms with Gasteiger partial charge in [0.2, 0.25) is 0 Å². The first-order valence-corrected chi connectivity index (χ1v) is 7.53. The highest BCUT2D eigenvalue weighted by atomic mass is 16.2. The highest BCUT2D eigenvalue weighted by Gasteiger charge is 2.29. The zero-order chi connectivity index (χ0) is 15.5. The van der Waals surface area contributed by atoms with E-state index in [-0.39, 0.29) is 18.1 Å². The Kier molecular flexibility index (Phi) is 4.08. The third-order valence-electron chi connectivity index (χ3n) is 3.87. The molecule has 2 aliphatic rings. The third-order valence-corrected chi connectivity index (χ3v) is 3.87. The van der Waals surface area contributed by atoms with Crippen molar-refractivity contribution in [2.24, 2.45) is 0 Å². The maximum Gasteiger partial charge on any atom is 0.321 e. The molecule has 22 heavy (non-hydrogen) atoms. The van der Waals surface area contributed by atoms with Crippen LogP contribution in [0.2, 0.25) is 0 Å². The van der Waals surface area contributed by atoms with E-state index in [1.54, 1.807) is 24.1 Å². The Bertz CT molecular complexity index is 574. The molecule has 1 saturated carbocycles. The molecule has 4 amide bonds. The van der Waals surface area contributed by atoms with E-state index in [1.165, 1.54) is 0 Å². The summed E-state index contributed by atoms with van der Waals surface area (Å²) >= 11 is 0. The molecule has 3 N–H and O–H groups in total. The van der Waals surface area contributed by atoms with Gasteiger partial charge in [-0.3, -0.25) is 0 Å². The molecule has 0 aromatic carbocycles. The second-order valence-electron chi connectivity index (χ2n) is 5.78. The van der Waals surface area contributed by atoms with Crippen LogP contribution in [-0.4, -0.2) is 52.3 Å². The summed E-state index contributed by atoms with van der Waals surface area (Å²) in [4.78, 5) is 25.6. The van der Waals surface area contributed by atoms with Crippen LogP contribution in [0.3, 0.4) is 0 Å². The smallest absolute Gasteiger partial charge is 0.321 e. The van der Waals surface area contributed by atoms with Gasteiger partial charge in [-0.15, -0.1) is 0 Å². The summed E-state index contributed by atoms with van der Waals surface area (Å²) in [5, 5.41) is 16.3. The van der Waals surface area contributed by atoms with Crippen LogP contribution in [0.1, 0.15) is 25.0 Å². The van der Waals surface area contributed by atoms with Crippen molar-refractivity contribution in [2.75, 3.05) is 18.4 Å². The molecule has 0 radical (unpaired) electrons. The van der Waals surface area contributed by atoms with Gasteiger partial charge in [0.25, 0.3) is 0 Å². The van der Waals surface area contributed by atoms with Gasteiger partial charge in [-0.2, -0.15) is 10.2 Å². The van der Waals surface area contributed by atoms with Crippen LogP contribution in [0.15, 0.2) is 12.3 Å². The molecule has 8 nitrogen and oxygen atoms in total. The lowest BCUT2D eigenvalue weighted by Gasteiger charge is -2.18. The molecule has 1 unspecified atom stereocenters. The van der Waals surface area contributed by atoms with Gasteiger partial charge in [-0.05, 0) is 32.3 Å². The number of aromatic nitrogens is 2. The first-order chi connectivity index (χ1) is 10.6. The Morgan fingerprint density at radius 3 is 2.73 bits per heavy atom. The summed E-state index contributed by atoms with van der Waals surface area (Å²) in [6.45, 7) is 2.93. The SMILES string of the molecule is Cc1nnccc1NC(=O)N1CCC(NC(=O)NC2CC2)C1. The van der Waals surface area contributed by atoms with Crippen molar-refractivity contribution in [1.82, 2.24) is 25.7 Å². The quantitative estimate of drug-likeness (QED) is 0.771. The number of rotatable bonds is 3. The number of likely N-dealkylation sites (tertiary alicyclic amines) is 1. The molecule has 1 aromatic rings. The van der Waals surface area contributed by atoms with E-state index in [0.29, 0.717) is 30.5 Å². The number of hydrogen-bond acceptors (Lipinski definition) is 4. The van der Waals surface area contributed by atoms with E-state index in [0.717, 1.165) is 19.3 Å². The minimum atomic E-state index is -0.178. The van der Waals surface area contributed by atoms with Crippen molar-refractivity contribution < 1.29 is 9.59 Å². The van der Waals surface area contributed by atoms with Gasteiger partial charge in [0, 0.05) is 25.2 Å². The second-order valence-corrected chi connectivity index (χ2v) is 5.78. The summed E-state index contributed by atoms with van der Waals surface area (Å²) in [5.74, 6) is 0. The van der Waals surface area contributed by atoms with Crippen LogP contribution in [-0.2, 0) is 0 Å². The fraction of sp³-hybridized carbons (Fsp3) is 0.571. The summed E-state index contributed by atoms with van der Waals surface area (Å²) in [6.07, 6.45) is 4.43. The van der Waals surface area contributed by atoms with Gasteiger partial charge in [0.1, 0.15) is 0 Å². The molecule has 118 valence electrons. The fourth-order valence-corrected chi connectivity index (χ4v) is 2.43. The van der Waals surface area contributed by atoms with Crippen molar-refractivity contribution in [3.63, 3.8) is 0 Å². The van der Waals surface area contributed by atoms with E-state index in [4.69, 9.17) is 0 Å². The highest BCUT2D eigenvalue weighted by molar-refractivity contribution is 5.90. The molecule has 1 aromatic heterocycles. The van der Waals surface area contributed by atoms with Crippen LogP contribution in [0.4, 0.5) is 15.3 Å². The van der Waals surface area contributed by atoms with Crippen LogP contribution in [0, 0.1) is 6.92 Å². The van der Waals surface area contributed by atoms with E-state index >= 15 is 0 Å². The largest absolute Gasteiger partial charge is 0.335 e. The van der Waals surface area contributed by atoms with Gasteiger partial charge < -0.3 is 20.9 Å². The maximum atomic E-state index is 12.2. The van der Waals surface area contributed by atoms with Gasteiger partial charge in [0.15, 0.2) is 0 Å². The van der Waals surface area contributed by atoms with E-state index in [1.807, 2.05) is 0 Å². The molecule has 1 atom stereocenters. The maximum absolute atomic E-state index is 12.2. The standard InChI is InChI=1S/C14H20N6O2/c1-9-12(4-6-15-19-9)18-14(22)20-7-5-11(8-20)17-13(21)16-10-2-3-10/h4,6,10-11H,2-3,5,7-8H2,1H3,(H,15,18,22)(H2,16,17,21). The van der Waals surface area contributed by atoms with Crippen molar-refractivity contribution >= 4 is 17.7 Å². The van der Waals surface area contributed by atoms with Crippen LogP contribution >= 0.6 is 0 Å². The van der Waals surface area contributed by atoms with Gasteiger partial charge >= 0.3 is 12.1 Å². The van der Waals surface area contributed by atoms with Gasteiger partial charge in [-0.25, -0.2) is 9.59 Å². The van der Waals surface area contributed by atoms with Crippen molar-refractivity contribution in [3.8, 4) is 0 Å². The number of urea groups is 2. The zero-order valence-electron chi connectivity index (χ0n) is 12.5. The normalized spacial score (nSPS) is 20.6. The molecule has 0 spiro atoms. The molecular formula is C14H20N6O2. The molecule has 0 bridgehead atoms. The summed E-state index contributed by atoms with van der Waals surface area (Å²) in [6, 6.07) is 1.74. The molecule has 8 heteroatoms. The molecule has 1 aliphatic carbocycles. The number of nitrogens with one attached hydrogen (secondary N) is 3. The van der Waals surface area contributed by atoms with Crippen molar-refractivity contribution in [2.45, 2.75) is 38.3 Å². The number of anilines is 1. The van der Waals surface area contributed by atoms with Crippen molar-refractivity contribution in [1.29, 1.82) is 0 Å². The summed E-state index contributed by atoms with van der Waals surface area (Å²) in [7, 11) is 0. The summed E-state index contributed by atoms with van der Waals surface area (Å²) in [5.41, 5.74) is 1.33. The molecule has 2 fully saturated rings. The van der Waals surface area contributed by atoms with E-state index in [9.17, 15) is 9.59 Å². The second kappa shape index (κ2) is 6.17. The lowest BCUT2D eigenvalue weighted by atomic mass is 10.3. The predicted molar refractivity (Wildman–Crippen MR) is 80.5 cm³/mol. The third kappa shape index (κ3) is 3.63. The molecular weight excluding hydrogens is 284 g/mol. The van der Waals surface area contributed by atoms with Gasteiger partial charge in [-0.1, -0.05) is 0 Å². The number of aryl methyl sites for hydroxylation is 1. The van der Waals surface area contributed by atoms with Crippen molar-refractivity contribution in [3.05, 3.63) is 18.0 Å².